The highest BCUT2D eigenvalue weighted by atomic mass is 35.5. The number of benzene rings is 2. The molecule has 0 radical (unpaired) electrons. The lowest BCUT2D eigenvalue weighted by Crippen LogP contribution is -2.40. The molecule has 1 N–H and O–H groups in total. The molecular weight excluding hydrogens is 411 g/mol. The number of hydrogen-bond donors (Lipinski definition) is 1. The summed E-state index contributed by atoms with van der Waals surface area (Å²) >= 11 is 12.2. The van der Waals surface area contributed by atoms with Gasteiger partial charge in [-0.15, -0.1) is 0 Å². The fraction of sp³-hybridized carbons (Fsp3) is 0.286. The standard InChI is InChI=1S/C21H22Cl2N4O2/c1-4-12-27(21(29)25-17-11-7-9-15(22)18(17)23)13(2)19-24-16-10-6-5-8-14(16)20(28)26(19)3/h5-11,13H,4,12H2,1-3H3,(H,25,29). The summed E-state index contributed by atoms with van der Waals surface area (Å²) in [7, 11) is 1.67. The number of amides is 2. The first-order valence-corrected chi connectivity index (χ1v) is 10.1. The molecule has 6 nitrogen and oxygen atoms in total. The highest BCUT2D eigenvalue weighted by Crippen LogP contribution is 2.30. The Morgan fingerprint density at radius 1 is 1.21 bits per heavy atom. The first-order valence-electron chi connectivity index (χ1n) is 9.32. The number of fused-ring (bicyclic) bond motifs is 1. The van der Waals surface area contributed by atoms with Crippen molar-refractivity contribution in [2.24, 2.45) is 7.05 Å². The van der Waals surface area contributed by atoms with Crippen LogP contribution in [0.4, 0.5) is 10.5 Å². The molecule has 0 fully saturated rings. The minimum absolute atomic E-state index is 0.146. The average molecular weight is 433 g/mol. The highest BCUT2D eigenvalue weighted by Gasteiger charge is 2.25. The van der Waals surface area contributed by atoms with E-state index in [0.29, 0.717) is 34.0 Å². The molecule has 0 saturated heterocycles. The topological polar surface area (TPSA) is 67.2 Å². The van der Waals surface area contributed by atoms with Gasteiger partial charge < -0.3 is 10.2 Å². The van der Waals surface area contributed by atoms with Crippen molar-refractivity contribution in [2.45, 2.75) is 26.3 Å². The van der Waals surface area contributed by atoms with Gasteiger partial charge in [0.2, 0.25) is 0 Å². The van der Waals surface area contributed by atoms with Crippen molar-refractivity contribution < 1.29 is 4.79 Å². The van der Waals surface area contributed by atoms with Crippen molar-refractivity contribution >= 4 is 45.8 Å². The second-order valence-electron chi connectivity index (χ2n) is 6.75. The van der Waals surface area contributed by atoms with Crippen LogP contribution in [0.3, 0.4) is 0 Å². The molecule has 8 heteroatoms. The Balaban J connectivity index is 1.97. The Kier molecular flexibility index (Phi) is 6.45. The molecule has 1 unspecified atom stereocenters. The first-order chi connectivity index (χ1) is 13.8. The Hall–Kier alpha value is -2.57. The van der Waals surface area contributed by atoms with Gasteiger partial charge in [0.25, 0.3) is 5.56 Å². The molecule has 3 aromatic rings. The quantitative estimate of drug-likeness (QED) is 0.598. The molecule has 0 saturated carbocycles. The fourth-order valence-electron chi connectivity index (χ4n) is 3.25. The molecule has 1 atom stereocenters. The van der Waals surface area contributed by atoms with Crippen LogP contribution in [0.2, 0.25) is 10.0 Å². The summed E-state index contributed by atoms with van der Waals surface area (Å²) in [6.07, 6.45) is 0.739. The van der Waals surface area contributed by atoms with E-state index >= 15 is 0 Å². The van der Waals surface area contributed by atoms with E-state index in [2.05, 4.69) is 10.3 Å². The summed E-state index contributed by atoms with van der Waals surface area (Å²) in [6.45, 7) is 4.31. The van der Waals surface area contributed by atoms with Crippen molar-refractivity contribution in [3.05, 3.63) is 68.7 Å². The summed E-state index contributed by atoms with van der Waals surface area (Å²) < 4.78 is 1.50. The smallest absolute Gasteiger partial charge is 0.315 e. The first kappa shape index (κ1) is 21.1. The molecule has 29 heavy (non-hydrogen) atoms. The number of anilines is 1. The molecule has 0 aliphatic heterocycles. The second kappa shape index (κ2) is 8.84. The Labute approximate surface area is 179 Å². The van der Waals surface area contributed by atoms with Crippen LogP contribution in [-0.2, 0) is 7.05 Å². The number of carbonyl (C=O) groups excluding carboxylic acids is 1. The van der Waals surface area contributed by atoms with Crippen LogP contribution in [0.1, 0.15) is 32.1 Å². The van der Waals surface area contributed by atoms with Gasteiger partial charge in [-0.2, -0.15) is 0 Å². The zero-order valence-electron chi connectivity index (χ0n) is 16.4. The van der Waals surface area contributed by atoms with Crippen LogP contribution in [-0.4, -0.2) is 27.0 Å². The normalized spacial score (nSPS) is 12.0. The number of halogens is 2. The number of para-hydroxylation sites is 1. The van der Waals surface area contributed by atoms with Crippen LogP contribution >= 0.6 is 23.2 Å². The number of hydrogen-bond acceptors (Lipinski definition) is 3. The van der Waals surface area contributed by atoms with Crippen LogP contribution < -0.4 is 10.9 Å². The minimum atomic E-state index is -0.435. The van der Waals surface area contributed by atoms with Gasteiger partial charge in [-0.3, -0.25) is 9.36 Å². The molecule has 1 heterocycles. The third-order valence-corrected chi connectivity index (χ3v) is 5.60. The van der Waals surface area contributed by atoms with Gasteiger partial charge >= 0.3 is 6.03 Å². The van der Waals surface area contributed by atoms with Crippen molar-refractivity contribution in [3.8, 4) is 0 Å². The van der Waals surface area contributed by atoms with Crippen molar-refractivity contribution in [1.29, 1.82) is 0 Å². The maximum absolute atomic E-state index is 13.0. The van der Waals surface area contributed by atoms with Gasteiger partial charge in [-0.25, -0.2) is 9.78 Å². The molecule has 0 aliphatic carbocycles. The molecule has 0 spiro atoms. The van der Waals surface area contributed by atoms with Crippen molar-refractivity contribution in [2.75, 3.05) is 11.9 Å². The Morgan fingerprint density at radius 3 is 2.66 bits per heavy atom. The van der Waals surface area contributed by atoms with E-state index in [0.717, 1.165) is 6.42 Å². The summed E-state index contributed by atoms with van der Waals surface area (Å²) in [4.78, 5) is 32.1. The lowest BCUT2D eigenvalue weighted by atomic mass is 10.2. The summed E-state index contributed by atoms with van der Waals surface area (Å²) in [6, 6.07) is 11.5. The summed E-state index contributed by atoms with van der Waals surface area (Å²) in [5, 5.41) is 4.00. The SMILES string of the molecule is CCCN(C(=O)Nc1cccc(Cl)c1Cl)C(C)c1nc2ccccc2c(=O)n1C. The predicted octanol–water partition coefficient (Wildman–Crippen LogP) is 5.25. The largest absolute Gasteiger partial charge is 0.322 e. The van der Waals surface area contributed by atoms with E-state index < -0.39 is 6.04 Å². The van der Waals surface area contributed by atoms with Gasteiger partial charge in [0.1, 0.15) is 5.82 Å². The zero-order valence-corrected chi connectivity index (χ0v) is 18.0. The number of nitrogens with one attached hydrogen (secondary N) is 1. The third kappa shape index (κ3) is 4.23. The monoisotopic (exact) mass is 432 g/mol. The molecular formula is C21H22Cl2N4O2. The van der Waals surface area contributed by atoms with Crippen molar-refractivity contribution in [3.63, 3.8) is 0 Å². The summed E-state index contributed by atoms with van der Waals surface area (Å²) in [5.74, 6) is 0.509. The second-order valence-corrected chi connectivity index (χ2v) is 7.54. The predicted molar refractivity (Wildman–Crippen MR) is 118 cm³/mol. The molecule has 2 amide bonds. The van der Waals surface area contributed by atoms with Crippen molar-refractivity contribution in [1.82, 2.24) is 14.5 Å². The maximum atomic E-state index is 13.0. The molecule has 1 aromatic heterocycles. The zero-order chi connectivity index (χ0) is 21.1. The van der Waals surface area contributed by atoms with Gasteiger partial charge in [0.05, 0.1) is 32.7 Å². The highest BCUT2D eigenvalue weighted by molar-refractivity contribution is 6.43. The van der Waals surface area contributed by atoms with E-state index in [1.54, 1.807) is 48.3 Å². The Bertz CT molecular complexity index is 1110. The summed E-state index contributed by atoms with van der Waals surface area (Å²) in [5.41, 5.74) is 0.886. The van der Waals surface area contributed by atoms with Crippen LogP contribution in [0, 0.1) is 0 Å². The molecule has 3 rings (SSSR count). The van der Waals surface area contributed by atoms with Gasteiger partial charge in [-0.1, -0.05) is 48.3 Å². The van der Waals surface area contributed by atoms with Crippen LogP contribution in [0.5, 0.6) is 0 Å². The lowest BCUT2D eigenvalue weighted by molar-refractivity contribution is 0.189. The van der Waals surface area contributed by atoms with E-state index in [1.807, 2.05) is 19.9 Å². The Morgan fingerprint density at radius 2 is 1.93 bits per heavy atom. The van der Waals surface area contributed by atoms with Gasteiger partial charge in [-0.05, 0) is 37.6 Å². The van der Waals surface area contributed by atoms with Crippen LogP contribution in [0.25, 0.3) is 10.9 Å². The van der Waals surface area contributed by atoms with Crippen LogP contribution in [0.15, 0.2) is 47.3 Å². The maximum Gasteiger partial charge on any atom is 0.322 e. The fourth-order valence-corrected chi connectivity index (χ4v) is 3.60. The lowest BCUT2D eigenvalue weighted by Gasteiger charge is -2.30. The average Bonchev–Trinajstić information content (AvgIpc) is 2.71. The minimum Gasteiger partial charge on any atom is -0.315 e. The molecule has 152 valence electrons. The van der Waals surface area contributed by atoms with E-state index in [1.165, 1.54) is 4.57 Å². The van der Waals surface area contributed by atoms with Gasteiger partial charge in [0.15, 0.2) is 0 Å². The number of nitrogens with zero attached hydrogens (tertiary/aromatic N) is 3. The third-order valence-electron chi connectivity index (χ3n) is 4.78. The molecule has 2 aromatic carbocycles. The van der Waals surface area contributed by atoms with Gasteiger partial charge in [0, 0.05) is 13.6 Å². The van der Waals surface area contributed by atoms with E-state index in [-0.39, 0.29) is 16.6 Å². The molecule has 0 bridgehead atoms. The van der Waals surface area contributed by atoms with E-state index in [9.17, 15) is 9.59 Å². The number of carbonyl (C=O) groups is 1. The van der Waals surface area contributed by atoms with E-state index in [4.69, 9.17) is 23.2 Å². The number of urea groups is 1. The number of rotatable bonds is 5. The number of aromatic nitrogens is 2. The molecule has 0 aliphatic rings.